The summed E-state index contributed by atoms with van der Waals surface area (Å²) in [6.45, 7) is 4.93. The number of para-hydroxylation sites is 1. The van der Waals surface area contributed by atoms with Gasteiger partial charge in [-0.3, -0.25) is 4.79 Å². The van der Waals surface area contributed by atoms with Crippen molar-refractivity contribution in [3.8, 4) is 11.5 Å². The molecule has 0 aromatic heterocycles. The van der Waals surface area contributed by atoms with Crippen molar-refractivity contribution in [1.29, 1.82) is 0 Å². The van der Waals surface area contributed by atoms with Gasteiger partial charge < -0.3 is 14.4 Å². The molecule has 2 aromatic rings. The van der Waals surface area contributed by atoms with E-state index in [1.54, 1.807) is 25.1 Å². The maximum Gasteiger partial charge on any atom is 0.253 e. The van der Waals surface area contributed by atoms with Crippen molar-refractivity contribution < 1.29 is 14.3 Å². The summed E-state index contributed by atoms with van der Waals surface area (Å²) in [5.74, 6) is 1.53. The van der Waals surface area contributed by atoms with E-state index in [1.807, 2.05) is 50.2 Å². The Bertz CT molecular complexity index is 682. The van der Waals surface area contributed by atoms with E-state index < -0.39 is 0 Å². The van der Waals surface area contributed by atoms with E-state index >= 15 is 0 Å². The summed E-state index contributed by atoms with van der Waals surface area (Å²) in [5.41, 5.74) is 2.71. The summed E-state index contributed by atoms with van der Waals surface area (Å²) in [6, 6.07) is 13.3. The normalized spacial score (nSPS) is 10.3. The smallest absolute Gasteiger partial charge is 0.253 e. The van der Waals surface area contributed by atoms with E-state index in [1.165, 1.54) is 0 Å². The Kier molecular flexibility index (Phi) is 5.63. The van der Waals surface area contributed by atoms with Crippen molar-refractivity contribution in [1.82, 2.24) is 4.90 Å². The van der Waals surface area contributed by atoms with Gasteiger partial charge in [-0.15, -0.1) is 0 Å². The first-order valence-electron chi connectivity index (χ1n) is 7.61. The average molecular weight is 313 g/mol. The van der Waals surface area contributed by atoms with Gasteiger partial charge in [-0.2, -0.15) is 0 Å². The number of likely N-dealkylation sites (N-methyl/N-ethyl adjacent to an activating group) is 1. The van der Waals surface area contributed by atoms with Gasteiger partial charge in [0, 0.05) is 12.6 Å². The maximum absolute atomic E-state index is 12.4. The van der Waals surface area contributed by atoms with Crippen LogP contribution >= 0.6 is 0 Å². The van der Waals surface area contributed by atoms with Gasteiger partial charge >= 0.3 is 0 Å². The van der Waals surface area contributed by atoms with Crippen LogP contribution in [0.5, 0.6) is 11.5 Å². The van der Waals surface area contributed by atoms with E-state index in [0.717, 1.165) is 22.6 Å². The number of methoxy groups -OCH3 is 1. The number of aryl methyl sites for hydroxylation is 2. The summed E-state index contributed by atoms with van der Waals surface area (Å²) in [6.07, 6.45) is 0. The topological polar surface area (TPSA) is 38.8 Å². The first-order valence-corrected chi connectivity index (χ1v) is 7.61. The molecule has 122 valence electrons. The Morgan fingerprint density at radius 3 is 2.43 bits per heavy atom. The quantitative estimate of drug-likeness (QED) is 0.820. The number of amides is 1. The molecule has 0 radical (unpaired) electrons. The predicted octanol–water partition coefficient (Wildman–Crippen LogP) is 3.46. The molecule has 0 aliphatic carbocycles. The Morgan fingerprint density at radius 1 is 1.04 bits per heavy atom. The molecule has 4 nitrogen and oxygen atoms in total. The minimum Gasteiger partial charge on any atom is -0.496 e. The summed E-state index contributed by atoms with van der Waals surface area (Å²) >= 11 is 0. The lowest BCUT2D eigenvalue weighted by molar-refractivity contribution is 0.0773. The molecule has 1 amide bonds. The number of carbonyl (C=O) groups excluding carboxylic acids is 1. The second-order valence-electron chi connectivity index (χ2n) is 5.53. The maximum atomic E-state index is 12.4. The van der Waals surface area contributed by atoms with Gasteiger partial charge in [-0.05, 0) is 43.2 Å². The SMILES string of the molecule is COc1cc(C(=O)N(C)CCOc2ccccc2C)ccc1C. The highest BCUT2D eigenvalue weighted by atomic mass is 16.5. The van der Waals surface area contributed by atoms with Crippen LogP contribution in [0.4, 0.5) is 0 Å². The highest BCUT2D eigenvalue weighted by Crippen LogP contribution is 2.20. The fourth-order valence-electron chi connectivity index (χ4n) is 2.29. The van der Waals surface area contributed by atoms with Crippen molar-refractivity contribution in [2.45, 2.75) is 13.8 Å². The van der Waals surface area contributed by atoms with Crippen molar-refractivity contribution in [3.05, 3.63) is 59.2 Å². The summed E-state index contributed by atoms with van der Waals surface area (Å²) < 4.78 is 11.0. The Morgan fingerprint density at radius 2 is 1.74 bits per heavy atom. The van der Waals surface area contributed by atoms with Gasteiger partial charge in [-0.25, -0.2) is 0 Å². The second kappa shape index (κ2) is 7.68. The number of rotatable bonds is 6. The molecule has 0 spiro atoms. The van der Waals surface area contributed by atoms with Crippen molar-refractivity contribution in [2.24, 2.45) is 0 Å². The summed E-state index contributed by atoms with van der Waals surface area (Å²) in [4.78, 5) is 14.1. The van der Waals surface area contributed by atoms with E-state index in [-0.39, 0.29) is 5.91 Å². The zero-order chi connectivity index (χ0) is 16.8. The van der Waals surface area contributed by atoms with Crippen LogP contribution in [0.1, 0.15) is 21.5 Å². The average Bonchev–Trinajstić information content (AvgIpc) is 2.56. The highest BCUT2D eigenvalue weighted by Gasteiger charge is 2.13. The lowest BCUT2D eigenvalue weighted by Crippen LogP contribution is -2.31. The number of nitrogens with zero attached hydrogens (tertiary/aromatic N) is 1. The van der Waals surface area contributed by atoms with Crippen LogP contribution in [0.3, 0.4) is 0 Å². The highest BCUT2D eigenvalue weighted by molar-refractivity contribution is 5.94. The van der Waals surface area contributed by atoms with Crippen molar-refractivity contribution in [3.63, 3.8) is 0 Å². The van der Waals surface area contributed by atoms with Crippen LogP contribution in [0.25, 0.3) is 0 Å². The molecular formula is C19H23NO3. The number of ether oxygens (including phenoxy) is 2. The first-order chi connectivity index (χ1) is 11.0. The molecule has 0 N–H and O–H groups in total. The summed E-state index contributed by atoms with van der Waals surface area (Å²) in [5, 5.41) is 0. The van der Waals surface area contributed by atoms with E-state index in [2.05, 4.69) is 0 Å². The second-order valence-corrected chi connectivity index (χ2v) is 5.53. The third kappa shape index (κ3) is 4.25. The molecule has 0 saturated carbocycles. The molecule has 0 heterocycles. The van der Waals surface area contributed by atoms with Crippen LogP contribution in [-0.2, 0) is 0 Å². The van der Waals surface area contributed by atoms with Gasteiger partial charge in [0.2, 0.25) is 0 Å². The molecule has 2 rings (SSSR count). The minimum absolute atomic E-state index is 0.0447. The molecule has 0 aliphatic rings. The van der Waals surface area contributed by atoms with Gasteiger partial charge in [0.25, 0.3) is 5.91 Å². The molecule has 0 unspecified atom stereocenters. The molecule has 0 saturated heterocycles. The summed E-state index contributed by atoms with van der Waals surface area (Å²) in [7, 11) is 3.38. The molecule has 0 bridgehead atoms. The molecule has 2 aromatic carbocycles. The van der Waals surface area contributed by atoms with Crippen LogP contribution < -0.4 is 9.47 Å². The first kappa shape index (κ1) is 16.9. The standard InChI is InChI=1S/C19H23NO3/c1-14-7-5-6-8-17(14)23-12-11-20(3)19(21)16-10-9-15(2)18(13-16)22-4/h5-10,13H,11-12H2,1-4H3. The monoisotopic (exact) mass is 313 g/mol. The van der Waals surface area contributed by atoms with Crippen molar-refractivity contribution in [2.75, 3.05) is 27.3 Å². The van der Waals surface area contributed by atoms with E-state index in [4.69, 9.17) is 9.47 Å². The minimum atomic E-state index is -0.0447. The van der Waals surface area contributed by atoms with E-state index in [0.29, 0.717) is 18.7 Å². The Labute approximate surface area is 137 Å². The number of hydrogen-bond donors (Lipinski definition) is 0. The van der Waals surface area contributed by atoms with Gasteiger partial charge in [-0.1, -0.05) is 24.3 Å². The largest absolute Gasteiger partial charge is 0.496 e. The molecule has 0 atom stereocenters. The predicted molar refractivity (Wildman–Crippen MR) is 91.4 cm³/mol. The van der Waals surface area contributed by atoms with Crippen LogP contribution in [0, 0.1) is 13.8 Å². The lowest BCUT2D eigenvalue weighted by Gasteiger charge is -2.18. The fraction of sp³-hybridized carbons (Fsp3) is 0.316. The van der Waals surface area contributed by atoms with Crippen molar-refractivity contribution >= 4 is 5.91 Å². The third-order valence-electron chi connectivity index (χ3n) is 3.78. The zero-order valence-corrected chi connectivity index (χ0v) is 14.1. The molecule has 0 aliphatic heterocycles. The van der Waals surface area contributed by atoms with Crippen LogP contribution in [0.15, 0.2) is 42.5 Å². The fourth-order valence-corrected chi connectivity index (χ4v) is 2.29. The Balaban J connectivity index is 1.94. The van der Waals surface area contributed by atoms with Crippen LogP contribution in [0.2, 0.25) is 0 Å². The molecule has 4 heteroatoms. The molecule has 0 fully saturated rings. The number of carbonyl (C=O) groups is 1. The van der Waals surface area contributed by atoms with Gasteiger partial charge in [0.05, 0.1) is 13.7 Å². The lowest BCUT2D eigenvalue weighted by atomic mass is 10.1. The molecular weight excluding hydrogens is 290 g/mol. The van der Waals surface area contributed by atoms with E-state index in [9.17, 15) is 4.79 Å². The molecule has 23 heavy (non-hydrogen) atoms. The zero-order valence-electron chi connectivity index (χ0n) is 14.1. The van der Waals surface area contributed by atoms with Gasteiger partial charge in [0.15, 0.2) is 0 Å². The number of hydrogen-bond acceptors (Lipinski definition) is 3. The third-order valence-corrected chi connectivity index (χ3v) is 3.78. The number of benzene rings is 2. The van der Waals surface area contributed by atoms with Crippen LogP contribution in [-0.4, -0.2) is 38.1 Å². The van der Waals surface area contributed by atoms with Gasteiger partial charge in [0.1, 0.15) is 18.1 Å². The Hall–Kier alpha value is -2.49.